The lowest BCUT2D eigenvalue weighted by atomic mass is 9.86. The molecular formula is C24H24N5O2+. The number of amides is 1. The fourth-order valence-corrected chi connectivity index (χ4v) is 3.53. The SMILES string of the molecule is C=CC(=O)NC1CC([NH2+]c2ncncc2C(=N)c2ccc(Oc3ccccc3)cc2)C1. The van der Waals surface area contributed by atoms with Crippen LogP contribution < -0.4 is 15.4 Å². The van der Waals surface area contributed by atoms with Crippen molar-refractivity contribution in [1.29, 1.82) is 5.41 Å². The zero-order valence-electron chi connectivity index (χ0n) is 17.0. The van der Waals surface area contributed by atoms with E-state index in [4.69, 9.17) is 10.1 Å². The standard InChI is InChI=1S/C24H23N5O2/c1-2-22(30)28-17-12-18(13-17)29-24-21(14-26-15-27-24)23(25)16-8-10-20(11-9-16)31-19-6-4-3-5-7-19/h2-11,14-15,17-18,25H,1,12-13H2,(H,28,30)(H,26,27,29)/p+1. The zero-order chi connectivity index (χ0) is 21.6. The third-order valence-electron chi connectivity index (χ3n) is 5.23. The van der Waals surface area contributed by atoms with E-state index < -0.39 is 0 Å². The maximum atomic E-state index is 11.4. The number of nitrogens with one attached hydrogen (secondary N) is 2. The number of quaternary nitrogens is 1. The molecule has 0 bridgehead atoms. The minimum absolute atomic E-state index is 0.146. The van der Waals surface area contributed by atoms with Gasteiger partial charge in [-0.15, -0.1) is 0 Å². The fourth-order valence-electron chi connectivity index (χ4n) is 3.53. The van der Waals surface area contributed by atoms with Crippen LogP contribution in [0.2, 0.25) is 0 Å². The van der Waals surface area contributed by atoms with E-state index in [1.54, 1.807) is 6.20 Å². The Morgan fingerprint density at radius 3 is 2.55 bits per heavy atom. The number of hydrogen-bond donors (Lipinski definition) is 3. The van der Waals surface area contributed by atoms with Crippen molar-refractivity contribution in [3.05, 3.63) is 90.9 Å². The van der Waals surface area contributed by atoms with Crippen LogP contribution in [0.4, 0.5) is 5.82 Å². The van der Waals surface area contributed by atoms with Crippen molar-refractivity contribution in [3.8, 4) is 11.5 Å². The number of benzene rings is 2. The molecule has 1 aromatic heterocycles. The molecule has 0 spiro atoms. The number of nitrogens with zero attached hydrogens (tertiary/aromatic N) is 2. The highest BCUT2D eigenvalue weighted by atomic mass is 16.5. The van der Waals surface area contributed by atoms with E-state index in [2.05, 4.69) is 27.2 Å². The molecular weight excluding hydrogens is 390 g/mol. The summed E-state index contributed by atoms with van der Waals surface area (Å²) in [6.07, 6.45) is 6.15. The Bertz CT molecular complexity index is 1080. The molecule has 0 aliphatic heterocycles. The highest BCUT2D eigenvalue weighted by Gasteiger charge is 2.34. The number of nitrogens with two attached hydrogens (primary N) is 1. The smallest absolute Gasteiger partial charge is 0.243 e. The maximum Gasteiger partial charge on any atom is 0.243 e. The summed E-state index contributed by atoms with van der Waals surface area (Å²) in [7, 11) is 0. The first-order valence-electron chi connectivity index (χ1n) is 10.1. The number of hydrogen-bond acceptors (Lipinski definition) is 5. The molecule has 4 N–H and O–H groups in total. The van der Waals surface area contributed by atoms with Gasteiger partial charge in [-0.2, -0.15) is 4.98 Å². The van der Waals surface area contributed by atoms with Gasteiger partial charge in [-0.05, 0) is 42.5 Å². The predicted molar refractivity (Wildman–Crippen MR) is 118 cm³/mol. The largest absolute Gasteiger partial charge is 0.457 e. The third kappa shape index (κ3) is 5.02. The molecule has 1 saturated carbocycles. The Balaban J connectivity index is 1.41. The summed E-state index contributed by atoms with van der Waals surface area (Å²) in [6, 6.07) is 17.5. The van der Waals surface area contributed by atoms with Crippen molar-refractivity contribution in [2.45, 2.75) is 24.9 Å². The van der Waals surface area contributed by atoms with Crippen LogP contribution in [0.5, 0.6) is 11.5 Å². The number of carbonyl (C=O) groups excluding carboxylic acids is 1. The average Bonchev–Trinajstić information content (AvgIpc) is 2.78. The molecule has 1 aliphatic carbocycles. The number of aromatic nitrogens is 2. The van der Waals surface area contributed by atoms with Crippen molar-refractivity contribution in [2.75, 3.05) is 0 Å². The normalized spacial score (nSPS) is 17.3. The van der Waals surface area contributed by atoms with Gasteiger partial charge in [0, 0.05) is 30.6 Å². The highest BCUT2D eigenvalue weighted by Crippen LogP contribution is 2.23. The molecule has 0 saturated heterocycles. The second kappa shape index (κ2) is 9.32. The van der Waals surface area contributed by atoms with Gasteiger partial charge in [0.15, 0.2) is 0 Å². The lowest BCUT2D eigenvalue weighted by Gasteiger charge is -2.33. The maximum absolute atomic E-state index is 11.4. The van der Waals surface area contributed by atoms with Gasteiger partial charge in [-0.25, -0.2) is 4.98 Å². The van der Waals surface area contributed by atoms with E-state index in [1.165, 1.54) is 12.4 Å². The molecule has 3 aromatic rings. The van der Waals surface area contributed by atoms with E-state index >= 15 is 0 Å². The molecule has 7 nitrogen and oxygen atoms in total. The first kappa shape index (κ1) is 20.4. The molecule has 0 unspecified atom stereocenters. The van der Waals surface area contributed by atoms with E-state index in [1.807, 2.05) is 54.6 Å². The van der Waals surface area contributed by atoms with Crippen molar-refractivity contribution in [2.24, 2.45) is 0 Å². The first-order chi connectivity index (χ1) is 15.1. The summed E-state index contributed by atoms with van der Waals surface area (Å²) < 4.78 is 5.83. The summed E-state index contributed by atoms with van der Waals surface area (Å²) in [4.78, 5) is 19.9. The topological polar surface area (TPSA) is 105 Å². The number of ether oxygens (including phenoxy) is 1. The summed E-state index contributed by atoms with van der Waals surface area (Å²) in [6.45, 7) is 3.48. The van der Waals surface area contributed by atoms with Crippen LogP contribution in [-0.4, -0.2) is 33.7 Å². The van der Waals surface area contributed by atoms with Crippen molar-refractivity contribution < 1.29 is 14.8 Å². The molecule has 1 aliphatic rings. The van der Waals surface area contributed by atoms with Crippen molar-refractivity contribution in [3.63, 3.8) is 0 Å². The Kier molecular flexibility index (Phi) is 6.14. The molecule has 0 atom stereocenters. The second-order valence-electron chi connectivity index (χ2n) is 7.44. The van der Waals surface area contributed by atoms with Gasteiger partial charge in [0.25, 0.3) is 0 Å². The van der Waals surface area contributed by atoms with Crippen molar-refractivity contribution in [1.82, 2.24) is 15.3 Å². The monoisotopic (exact) mass is 414 g/mol. The molecule has 0 radical (unpaired) electrons. The molecule has 2 aromatic carbocycles. The Hall–Kier alpha value is -3.84. The molecule has 1 amide bonds. The summed E-state index contributed by atoms with van der Waals surface area (Å²) in [5.74, 6) is 2.07. The fraction of sp³-hybridized carbons (Fsp3) is 0.167. The third-order valence-corrected chi connectivity index (χ3v) is 5.23. The van der Waals surface area contributed by atoms with Gasteiger partial charge in [0.05, 0.1) is 11.8 Å². The van der Waals surface area contributed by atoms with Crippen LogP contribution in [0.25, 0.3) is 0 Å². The molecule has 156 valence electrons. The van der Waals surface area contributed by atoms with Gasteiger partial charge in [-0.3, -0.25) is 15.5 Å². The number of rotatable bonds is 8. The Labute approximate surface area is 180 Å². The van der Waals surface area contributed by atoms with E-state index in [0.717, 1.165) is 30.0 Å². The highest BCUT2D eigenvalue weighted by molar-refractivity contribution is 6.12. The lowest BCUT2D eigenvalue weighted by molar-refractivity contribution is -0.627. The van der Waals surface area contributed by atoms with Crippen LogP contribution in [0.3, 0.4) is 0 Å². The number of carbonyl (C=O) groups is 1. The van der Waals surface area contributed by atoms with Crippen molar-refractivity contribution >= 4 is 17.4 Å². The molecule has 4 rings (SSSR count). The van der Waals surface area contributed by atoms with Gasteiger partial charge in [0.1, 0.15) is 23.4 Å². The minimum Gasteiger partial charge on any atom is -0.457 e. The van der Waals surface area contributed by atoms with Crippen LogP contribution in [0.1, 0.15) is 24.0 Å². The molecule has 1 fully saturated rings. The first-order valence-corrected chi connectivity index (χ1v) is 10.1. The molecule has 31 heavy (non-hydrogen) atoms. The van der Waals surface area contributed by atoms with Crippen LogP contribution in [-0.2, 0) is 4.79 Å². The van der Waals surface area contributed by atoms with Crippen LogP contribution >= 0.6 is 0 Å². The second-order valence-corrected chi connectivity index (χ2v) is 7.44. The van der Waals surface area contributed by atoms with E-state index in [-0.39, 0.29) is 11.9 Å². The van der Waals surface area contributed by atoms with Gasteiger partial charge >= 0.3 is 0 Å². The van der Waals surface area contributed by atoms with Gasteiger partial charge in [0.2, 0.25) is 11.7 Å². The summed E-state index contributed by atoms with van der Waals surface area (Å²) in [5.41, 5.74) is 1.79. The van der Waals surface area contributed by atoms with Crippen LogP contribution in [0, 0.1) is 5.41 Å². The van der Waals surface area contributed by atoms with Crippen LogP contribution in [0.15, 0.2) is 79.8 Å². The summed E-state index contributed by atoms with van der Waals surface area (Å²) in [5, 5.41) is 13.6. The summed E-state index contributed by atoms with van der Waals surface area (Å²) >= 11 is 0. The van der Waals surface area contributed by atoms with E-state index in [9.17, 15) is 4.79 Å². The zero-order valence-corrected chi connectivity index (χ0v) is 17.0. The molecule has 7 heteroatoms. The lowest BCUT2D eigenvalue weighted by Crippen LogP contribution is -2.89. The Morgan fingerprint density at radius 1 is 1.13 bits per heavy atom. The quantitative estimate of drug-likeness (QED) is 0.389. The minimum atomic E-state index is -0.146. The number of para-hydroxylation sites is 1. The Morgan fingerprint density at radius 2 is 1.84 bits per heavy atom. The average molecular weight is 414 g/mol. The van der Waals surface area contributed by atoms with Gasteiger partial charge in [-0.1, -0.05) is 24.8 Å². The van der Waals surface area contributed by atoms with E-state index in [0.29, 0.717) is 23.1 Å². The molecule has 1 heterocycles. The predicted octanol–water partition coefficient (Wildman–Crippen LogP) is 2.71. The van der Waals surface area contributed by atoms with Gasteiger partial charge < -0.3 is 10.1 Å².